The van der Waals surface area contributed by atoms with Gasteiger partial charge in [-0.05, 0) is 19.3 Å². The van der Waals surface area contributed by atoms with E-state index in [-0.39, 0.29) is 0 Å². The highest BCUT2D eigenvalue weighted by Gasteiger charge is 2.01. The fourth-order valence-electron chi connectivity index (χ4n) is 0.607. The molecule has 68 valence electrons. The maximum atomic E-state index is 10.4. The molecule has 0 radical (unpaired) electrons. The van der Waals surface area contributed by atoms with Crippen LogP contribution in [-0.2, 0) is 4.79 Å². The van der Waals surface area contributed by atoms with Crippen LogP contribution in [0.1, 0.15) is 27.2 Å². The highest BCUT2D eigenvalue weighted by atomic mass is 16.4. The predicted octanol–water partition coefficient (Wildman–Crippen LogP) is 2.62. The first kappa shape index (κ1) is 11.0. The van der Waals surface area contributed by atoms with Gasteiger partial charge in [-0.25, -0.2) is 4.79 Å². The van der Waals surface area contributed by atoms with E-state index in [0.29, 0.717) is 17.9 Å². The number of hydrogen-bond donors (Lipinski definition) is 1. The van der Waals surface area contributed by atoms with Crippen LogP contribution in [0.15, 0.2) is 23.8 Å². The largest absolute Gasteiger partial charge is 0.478 e. The van der Waals surface area contributed by atoms with E-state index in [1.54, 1.807) is 13.0 Å². The minimum Gasteiger partial charge on any atom is -0.478 e. The molecule has 0 saturated carbocycles. The average molecular weight is 168 g/mol. The molecule has 0 aliphatic heterocycles. The van der Waals surface area contributed by atoms with Gasteiger partial charge in [-0.3, -0.25) is 0 Å². The molecule has 0 unspecified atom stereocenters. The Balaban J connectivity index is 4.05. The Bertz CT molecular complexity index is 212. The Hall–Kier alpha value is -1.05. The zero-order valence-corrected chi connectivity index (χ0v) is 7.92. The highest BCUT2D eigenvalue weighted by molar-refractivity contribution is 5.85. The maximum absolute atomic E-state index is 10.4. The lowest BCUT2D eigenvalue weighted by Crippen LogP contribution is -1.97. The number of carbonyl (C=O) groups is 1. The Morgan fingerprint density at radius 1 is 1.58 bits per heavy atom. The van der Waals surface area contributed by atoms with Crippen molar-refractivity contribution in [2.24, 2.45) is 5.92 Å². The van der Waals surface area contributed by atoms with Crippen LogP contribution in [0.5, 0.6) is 0 Å². The van der Waals surface area contributed by atoms with E-state index in [1.807, 2.05) is 13.8 Å². The van der Waals surface area contributed by atoms with Crippen LogP contribution < -0.4 is 0 Å². The maximum Gasteiger partial charge on any atom is 0.330 e. The van der Waals surface area contributed by atoms with Gasteiger partial charge in [-0.2, -0.15) is 0 Å². The topological polar surface area (TPSA) is 37.3 Å². The van der Waals surface area contributed by atoms with Crippen molar-refractivity contribution in [2.75, 3.05) is 0 Å². The van der Waals surface area contributed by atoms with Gasteiger partial charge in [-0.1, -0.05) is 32.1 Å². The normalized spacial score (nSPS) is 11.8. The molecule has 0 aliphatic rings. The molecule has 0 aliphatic carbocycles. The molecule has 0 heterocycles. The quantitative estimate of drug-likeness (QED) is 0.517. The lowest BCUT2D eigenvalue weighted by molar-refractivity contribution is -0.132. The summed E-state index contributed by atoms with van der Waals surface area (Å²) in [6.45, 7) is 9.54. The molecule has 0 rings (SSSR count). The van der Waals surface area contributed by atoms with Crippen molar-refractivity contribution in [2.45, 2.75) is 27.2 Å². The van der Waals surface area contributed by atoms with E-state index >= 15 is 0 Å². The molecule has 0 aromatic heterocycles. The first-order valence-corrected chi connectivity index (χ1v) is 4.03. The lowest BCUT2D eigenvalue weighted by atomic mass is 10.0. The van der Waals surface area contributed by atoms with E-state index in [2.05, 4.69) is 6.58 Å². The number of hydrogen-bond acceptors (Lipinski definition) is 1. The molecule has 0 amide bonds. The molecule has 12 heavy (non-hydrogen) atoms. The summed E-state index contributed by atoms with van der Waals surface area (Å²) in [7, 11) is 0. The Labute approximate surface area is 73.6 Å². The summed E-state index contributed by atoms with van der Waals surface area (Å²) in [5, 5.41) is 8.54. The number of carboxylic acid groups (broad SMARTS) is 1. The molecule has 0 aromatic carbocycles. The number of aliphatic carboxylic acids is 1. The Kier molecular flexibility index (Phi) is 4.34. The molecule has 0 atom stereocenters. The van der Waals surface area contributed by atoms with Crippen LogP contribution in [0.2, 0.25) is 0 Å². The SMILES string of the molecule is C=C(CC=C(C)C(=O)O)C(C)C. The van der Waals surface area contributed by atoms with Crippen molar-refractivity contribution in [3.8, 4) is 0 Å². The van der Waals surface area contributed by atoms with Gasteiger partial charge in [0, 0.05) is 5.57 Å². The van der Waals surface area contributed by atoms with Crippen molar-refractivity contribution in [1.29, 1.82) is 0 Å². The Morgan fingerprint density at radius 3 is 2.42 bits per heavy atom. The van der Waals surface area contributed by atoms with Gasteiger partial charge in [0.25, 0.3) is 0 Å². The van der Waals surface area contributed by atoms with E-state index in [4.69, 9.17) is 5.11 Å². The third-order valence-electron chi connectivity index (χ3n) is 1.82. The van der Waals surface area contributed by atoms with Crippen LogP contribution in [-0.4, -0.2) is 11.1 Å². The van der Waals surface area contributed by atoms with Crippen LogP contribution in [0.25, 0.3) is 0 Å². The fraction of sp³-hybridized carbons (Fsp3) is 0.500. The second-order valence-electron chi connectivity index (χ2n) is 3.21. The first-order chi connectivity index (χ1) is 5.45. The summed E-state index contributed by atoms with van der Waals surface area (Å²) >= 11 is 0. The van der Waals surface area contributed by atoms with Crippen molar-refractivity contribution >= 4 is 5.97 Å². The molecule has 2 heteroatoms. The smallest absolute Gasteiger partial charge is 0.330 e. The second kappa shape index (κ2) is 4.75. The van der Waals surface area contributed by atoms with Gasteiger partial charge in [0.15, 0.2) is 0 Å². The highest BCUT2D eigenvalue weighted by Crippen LogP contribution is 2.12. The zero-order valence-electron chi connectivity index (χ0n) is 7.92. The van der Waals surface area contributed by atoms with Crippen LogP contribution in [0.4, 0.5) is 0 Å². The van der Waals surface area contributed by atoms with Gasteiger partial charge in [0.2, 0.25) is 0 Å². The van der Waals surface area contributed by atoms with Crippen LogP contribution >= 0.6 is 0 Å². The van der Waals surface area contributed by atoms with Crippen molar-refractivity contribution < 1.29 is 9.90 Å². The van der Waals surface area contributed by atoms with Crippen molar-refractivity contribution in [3.05, 3.63) is 23.8 Å². The van der Waals surface area contributed by atoms with Gasteiger partial charge >= 0.3 is 5.97 Å². The number of carboxylic acids is 1. The zero-order chi connectivity index (χ0) is 9.72. The number of rotatable bonds is 4. The summed E-state index contributed by atoms with van der Waals surface area (Å²) in [5.74, 6) is -0.436. The first-order valence-electron chi connectivity index (χ1n) is 4.03. The van der Waals surface area contributed by atoms with Crippen molar-refractivity contribution in [3.63, 3.8) is 0 Å². The van der Waals surface area contributed by atoms with Gasteiger partial charge < -0.3 is 5.11 Å². The molecule has 0 fully saturated rings. The summed E-state index contributed by atoms with van der Waals surface area (Å²) in [6.07, 6.45) is 2.36. The van der Waals surface area contributed by atoms with Crippen molar-refractivity contribution in [1.82, 2.24) is 0 Å². The Morgan fingerprint density at radius 2 is 2.08 bits per heavy atom. The summed E-state index contributed by atoms with van der Waals surface area (Å²) in [5.41, 5.74) is 1.45. The molecule has 0 saturated heterocycles. The van der Waals surface area contributed by atoms with Gasteiger partial charge in [-0.15, -0.1) is 0 Å². The van der Waals surface area contributed by atoms with E-state index in [1.165, 1.54) is 0 Å². The third kappa shape index (κ3) is 3.96. The molecule has 2 nitrogen and oxygen atoms in total. The average Bonchev–Trinajstić information content (AvgIpc) is 1.98. The van der Waals surface area contributed by atoms with Crippen LogP contribution in [0, 0.1) is 5.92 Å². The number of allylic oxidation sites excluding steroid dienone is 2. The molecular weight excluding hydrogens is 152 g/mol. The van der Waals surface area contributed by atoms with Crippen LogP contribution in [0.3, 0.4) is 0 Å². The predicted molar refractivity (Wildman–Crippen MR) is 50.0 cm³/mol. The summed E-state index contributed by atoms with van der Waals surface area (Å²) in [4.78, 5) is 10.4. The monoisotopic (exact) mass is 168 g/mol. The second-order valence-corrected chi connectivity index (χ2v) is 3.21. The lowest BCUT2D eigenvalue weighted by Gasteiger charge is -2.05. The van der Waals surface area contributed by atoms with E-state index < -0.39 is 5.97 Å². The summed E-state index contributed by atoms with van der Waals surface area (Å²) in [6, 6.07) is 0. The van der Waals surface area contributed by atoms with Gasteiger partial charge in [0.05, 0.1) is 0 Å². The molecule has 1 N–H and O–H groups in total. The molecular formula is C10H16O2. The minimum atomic E-state index is -0.855. The summed E-state index contributed by atoms with van der Waals surface area (Å²) < 4.78 is 0. The van der Waals surface area contributed by atoms with Gasteiger partial charge in [0.1, 0.15) is 0 Å². The standard InChI is InChI=1S/C10H16O2/c1-7(2)8(3)5-6-9(4)10(11)12/h6-7H,3,5H2,1-2,4H3,(H,11,12). The molecule has 0 spiro atoms. The van der Waals surface area contributed by atoms with E-state index in [0.717, 1.165) is 5.57 Å². The third-order valence-corrected chi connectivity index (χ3v) is 1.82. The fourth-order valence-corrected chi connectivity index (χ4v) is 0.607. The minimum absolute atomic E-state index is 0.386. The molecule has 0 bridgehead atoms. The van der Waals surface area contributed by atoms with E-state index in [9.17, 15) is 4.79 Å². The molecule has 0 aromatic rings.